The molecule has 0 unspecified atom stereocenters. The van der Waals surface area contributed by atoms with Crippen molar-refractivity contribution >= 4 is 67.4 Å². The highest BCUT2D eigenvalue weighted by Crippen LogP contribution is 2.38. The van der Waals surface area contributed by atoms with Crippen LogP contribution in [-0.4, -0.2) is 33.6 Å². The van der Waals surface area contributed by atoms with Crippen LogP contribution in [0.15, 0.2) is 45.8 Å². The summed E-state index contributed by atoms with van der Waals surface area (Å²) >= 11 is 4.24. The third kappa shape index (κ3) is 4.30. The van der Waals surface area contributed by atoms with Crippen LogP contribution < -0.4 is 10.6 Å². The molecule has 0 bridgehead atoms. The monoisotopic (exact) mass is 518 g/mol. The summed E-state index contributed by atoms with van der Waals surface area (Å²) in [5, 5.41) is 9.24. The Kier molecular flexibility index (Phi) is 6.11. The first-order valence-corrected chi connectivity index (χ1v) is 12.1. The van der Waals surface area contributed by atoms with Crippen LogP contribution in [-0.2, 0) is 9.59 Å². The first kappa shape index (κ1) is 22.5. The molecule has 0 aliphatic heterocycles. The zero-order valence-corrected chi connectivity index (χ0v) is 18.7. The molecule has 4 aromatic heterocycles. The Morgan fingerprint density at radius 2 is 1.12 bits per heavy atom. The van der Waals surface area contributed by atoms with E-state index in [0.717, 1.165) is 22.7 Å². The maximum absolute atomic E-state index is 14.3. The highest BCUT2D eigenvalue weighted by molar-refractivity contribution is 7.16. The normalized spacial score (nSPS) is 12.0. The summed E-state index contributed by atoms with van der Waals surface area (Å²) in [5.41, 5.74) is 0.803. The minimum absolute atomic E-state index is 0.296. The molecule has 0 radical (unpaired) electrons. The van der Waals surface area contributed by atoms with Gasteiger partial charge in [0.15, 0.2) is 10.3 Å². The summed E-state index contributed by atoms with van der Waals surface area (Å²) < 4.78 is 57.1. The Hall–Kier alpha value is -2.68. The number of rotatable bonds is 7. The number of halogens is 4. The van der Waals surface area contributed by atoms with Gasteiger partial charge in [0.1, 0.15) is 0 Å². The molecule has 6 nitrogen and oxygen atoms in total. The lowest BCUT2D eigenvalue weighted by Gasteiger charge is -2.23. The number of anilines is 2. The van der Waals surface area contributed by atoms with Gasteiger partial charge in [0, 0.05) is 10.8 Å². The molecule has 2 amide bonds. The molecule has 166 valence electrons. The Balaban J connectivity index is 1.45. The Morgan fingerprint density at radius 3 is 1.47 bits per heavy atom. The smallest absolute Gasteiger partial charge is 0.296 e. The predicted octanol–water partition coefficient (Wildman–Crippen LogP) is 5.90. The topological polar surface area (TPSA) is 84.0 Å². The number of amides is 2. The molecular weight excluding hydrogens is 508 g/mol. The van der Waals surface area contributed by atoms with E-state index >= 15 is 0 Å². The number of nitrogens with zero attached hydrogens (tertiary/aromatic N) is 2. The quantitative estimate of drug-likeness (QED) is 0.298. The van der Waals surface area contributed by atoms with Crippen LogP contribution in [0.5, 0.6) is 0 Å². The Labute approximate surface area is 193 Å². The fourth-order valence-electron chi connectivity index (χ4n) is 2.37. The highest BCUT2D eigenvalue weighted by atomic mass is 32.1. The largest absolute Gasteiger partial charge is 0.396 e. The van der Waals surface area contributed by atoms with Crippen LogP contribution in [0.25, 0.3) is 21.1 Å². The Bertz CT molecular complexity index is 1140. The van der Waals surface area contributed by atoms with Crippen LogP contribution in [0.1, 0.15) is 0 Å². The second-order valence-electron chi connectivity index (χ2n) is 6.09. The fraction of sp³-hybridized carbons (Fsp3) is 0.111. The van der Waals surface area contributed by atoms with Crippen molar-refractivity contribution in [1.29, 1.82) is 0 Å². The van der Waals surface area contributed by atoms with Gasteiger partial charge in [-0.1, -0.05) is 12.1 Å². The second kappa shape index (κ2) is 8.69. The van der Waals surface area contributed by atoms with Crippen LogP contribution in [0.4, 0.5) is 27.8 Å². The highest BCUT2D eigenvalue weighted by Gasteiger charge is 2.67. The average molecular weight is 519 g/mol. The van der Waals surface area contributed by atoms with Crippen molar-refractivity contribution in [3.8, 4) is 21.1 Å². The van der Waals surface area contributed by atoms with E-state index in [-0.39, 0.29) is 10.3 Å². The summed E-state index contributed by atoms with van der Waals surface area (Å²) in [6.45, 7) is 0. The molecule has 0 aliphatic carbocycles. The number of alkyl halides is 4. The number of nitrogens with one attached hydrogen (secondary N) is 2. The molecule has 0 fully saturated rings. The minimum atomic E-state index is -5.33. The minimum Gasteiger partial charge on any atom is -0.296 e. The van der Waals surface area contributed by atoms with Gasteiger partial charge in [0.25, 0.3) is 0 Å². The van der Waals surface area contributed by atoms with Crippen molar-refractivity contribution in [3.05, 3.63) is 45.8 Å². The number of thiophene rings is 2. The lowest BCUT2D eigenvalue weighted by Crippen LogP contribution is -2.56. The number of hydrogen-bond acceptors (Lipinski definition) is 8. The van der Waals surface area contributed by atoms with Crippen molar-refractivity contribution in [3.63, 3.8) is 0 Å². The van der Waals surface area contributed by atoms with Crippen LogP contribution >= 0.6 is 45.3 Å². The van der Waals surface area contributed by atoms with E-state index in [0.29, 0.717) is 21.1 Å². The summed E-state index contributed by atoms with van der Waals surface area (Å²) in [4.78, 5) is 33.2. The maximum Gasteiger partial charge on any atom is 0.396 e. The van der Waals surface area contributed by atoms with E-state index in [1.807, 2.05) is 0 Å². The average Bonchev–Trinajstić information content (AvgIpc) is 3.54. The van der Waals surface area contributed by atoms with E-state index in [9.17, 15) is 27.2 Å². The van der Waals surface area contributed by atoms with Gasteiger partial charge in [-0.2, -0.15) is 17.6 Å². The SMILES string of the molecule is O=C(Nc1nc(-c2cccs2)cs1)C(F)(F)C(F)(F)C(=O)Nc1nc(-c2cccs2)cs1. The van der Waals surface area contributed by atoms with Gasteiger partial charge in [-0.3, -0.25) is 20.2 Å². The molecule has 0 saturated carbocycles. The molecule has 0 atom stereocenters. The molecule has 0 aromatic carbocycles. The molecule has 2 N–H and O–H groups in total. The van der Waals surface area contributed by atoms with Crippen LogP contribution in [0, 0.1) is 0 Å². The van der Waals surface area contributed by atoms with Crippen molar-refractivity contribution in [2.45, 2.75) is 11.8 Å². The third-order valence-electron chi connectivity index (χ3n) is 3.96. The number of carbonyl (C=O) groups excluding carboxylic acids is 2. The van der Waals surface area contributed by atoms with Gasteiger partial charge in [-0.05, 0) is 22.9 Å². The number of thiazole rings is 2. The number of aromatic nitrogens is 2. The first-order chi connectivity index (χ1) is 15.2. The van der Waals surface area contributed by atoms with Gasteiger partial charge in [0.05, 0.1) is 21.1 Å². The molecule has 14 heteroatoms. The molecule has 0 saturated heterocycles. The Morgan fingerprint density at radius 1 is 0.719 bits per heavy atom. The van der Waals surface area contributed by atoms with Crippen LogP contribution in [0.2, 0.25) is 0 Å². The van der Waals surface area contributed by atoms with Gasteiger partial charge in [0.2, 0.25) is 0 Å². The fourth-order valence-corrected chi connectivity index (χ4v) is 5.31. The summed E-state index contributed by atoms with van der Waals surface area (Å²) in [7, 11) is 0. The van der Waals surface area contributed by atoms with Crippen molar-refractivity contribution in [1.82, 2.24) is 9.97 Å². The van der Waals surface area contributed by atoms with E-state index in [1.54, 1.807) is 45.7 Å². The van der Waals surface area contributed by atoms with E-state index in [2.05, 4.69) is 9.97 Å². The summed E-state index contributed by atoms with van der Waals surface area (Å²) in [5.74, 6) is -15.4. The lowest BCUT2D eigenvalue weighted by atomic mass is 10.1. The standard InChI is InChI=1S/C18H10F4N4O2S4/c19-17(20,13(27)25-15-23-9(7-31-15)11-3-1-5-29-11)18(21,22)14(28)26-16-24-10(8-32-16)12-4-2-6-30-12/h1-8H,(H,23,25,27)(H,24,26,28). The van der Waals surface area contributed by atoms with E-state index in [4.69, 9.17) is 0 Å². The third-order valence-corrected chi connectivity index (χ3v) is 7.26. The zero-order valence-electron chi connectivity index (χ0n) is 15.5. The number of hydrogen-bond donors (Lipinski definition) is 2. The van der Waals surface area contributed by atoms with Crippen LogP contribution in [0.3, 0.4) is 0 Å². The van der Waals surface area contributed by atoms with Crippen molar-refractivity contribution in [2.24, 2.45) is 0 Å². The molecule has 0 spiro atoms. The lowest BCUT2D eigenvalue weighted by molar-refractivity contribution is -0.204. The van der Waals surface area contributed by atoms with Gasteiger partial charge in [-0.15, -0.1) is 45.3 Å². The number of carbonyl (C=O) groups is 2. The molecule has 4 rings (SSSR count). The molecular formula is C18H10F4N4O2S4. The first-order valence-electron chi connectivity index (χ1n) is 8.56. The van der Waals surface area contributed by atoms with E-state index < -0.39 is 23.7 Å². The second-order valence-corrected chi connectivity index (χ2v) is 9.70. The van der Waals surface area contributed by atoms with Gasteiger partial charge >= 0.3 is 23.7 Å². The zero-order chi connectivity index (χ0) is 22.9. The maximum atomic E-state index is 14.3. The summed E-state index contributed by atoms with van der Waals surface area (Å²) in [6.07, 6.45) is 0. The van der Waals surface area contributed by atoms with Crippen molar-refractivity contribution in [2.75, 3.05) is 10.6 Å². The van der Waals surface area contributed by atoms with E-state index in [1.165, 1.54) is 33.4 Å². The molecule has 4 heterocycles. The van der Waals surface area contributed by atoms with Crippen molar-refractivity contribution < 1.29 is 27.2 Å². The predicted molar refractivity (Wildman–Crippen MR) is 118 cm³/mol. The van der Waals surface area contributed by atoms with Gasteiger partial charge < -0.3 is 0 Å². The summed E-state index contributed by atoms with van der Waals surface area (Å²) in [6, 6.07) is 6.94. The molecule has 32 heavy (non-hydrogen) atoms. The molecule has 0 aliphatic rings. The van der Waals surface area contributed by atoms with Gasteiger partial charge in [-0.25, -0.2) is 9.97 Å². The molecule has 4 aromatic rings.